The van der Waals surface area contributed by atoms with Gasteiger partial charge in [-0.25, -0.2) is 4.79 Å². The summed E-state index contributed by atoms with van der Waals surface area (Å²) in [6.45, 7) is 8.57. The number of rotatable bonds is 7. The Bertz CT molecular complexity index is 760. The van der Waals surface area contributed by atoms with Gasteiger partial charge in [0.25, 0.3) is 5.91 Å². The molecular weight excluding hydrogens is 372 g/mol. The number of benzene rings is 1. The minimum absolute atomic E-state index is 0.00691. The predicted octanol–water partition coefficient (Wildman–Crippen LogP) is 1.21. The van der Waals surface area contributed by atoms with Gasteiger partial charge in [0.05, 0.1) is 19.3 Å². The van der Waals surface area contributed by atoms with Crippen molar-refractivity contribution < 1.29 is 19.1 Å². The quantitative estimate of drug-likeness (QED) is 0.669. The standard InChI is InChI=1S/C21H30N4O4/c1-4-21(3)19(27)25(20(28)23-21)14-18(26)22-13-17(24-9-11-29-12-10-24)16-7-5-15(2)6-8-16/h5-8,17H,4,9-14H2,1-3H3,(H,22,26)(H,23,28)/t17-,21+/m0/s1. The van der Waals surface area contributed by atoms with Crippen molar-refractivity contribution in [2.75, 3.05) is 39.4 Å². The van der Waals surface area contributed by atoms with E-state index in [0.717, 1.165) is 23.6 Å². The summed E-state index contributed by atoms with van der Waals surface area (Å²) in [5.74, 6) is -0.706. The van der Waals surface area contributed by atoms with Crippen molar-refractivity contribution in [1.82, 2.24) is 20.4 Å². The first-order chi connectivity index (χ1) is 13.8. The van der Waals surface area contributed by atoms with E-state index in [9.17, 15) is 14.4 Å². The second kappa shape index (κ2) is 8.92. The fraction of sp³-hybridized carbons (Fsp3) is 0.571. The molecule has 8 heteroatoms. The summed E-state index contributed by atoms with van der Waals surface area (Å²) in [5, 5.41) is 5.58. The van der Waals surface area contributed by atoms with Crippen molar-refractivity contribution in [2.45, 2.75) is 38.8 Å². The molecule has 2 aliphatic heterocycles. The summed E-state index contributed by atoms with van der Waals surface area (Å²) in [5.41, 5.74) is 1.36. The van der Waals surface area contributed by atoms with E-state index in [1.165, 1.54) is 5.56 Å². The number of morpholine rings is 1. The van der Waals surface area contributed by atoms with Crippen molar-refractivity contribution in [2.24, 2.45) is 0 Å². The van der Waals surface area contributed by atoms with Crippen LogP contribution in [0, 0.1) is 6.92 Å². The predicted molar refractivity (Wildman–Crippen MR) is 108 cm³/mol. The fourth-order valence-electron chi connectivity index (χ4n) is 3.68. The number of hydrogen-bond acceptors (Lipinski definition) is 5. The zero-order valence-corrected chi connectivity index (χ0v) is 17.4. The summed E-state index contributed by atoms with van der Waals surface area (Å²) in [7, 11) is 0. The first kappa shape index (κ1) is 21.3. The molecule has 1 aromatic rings. The summed E-state index contributed by atoms with van der Waals surface area (Å²) in [6, 6.07) is 7.76. The smallest absolute Gasteiger partial charge is 0.325 e. The highest BCUT2D eigenvalue weighted by molar-refractivity contribution is 6.08. The molecule has 0 spiro atoms. The molecule has 2 fully saturated rings. The molecule has 2 aliphatic rings. The maximum absolute atomic E-state index is 12.5. The molecule has 158 valence electrons. The zero-order chi connectivity index (χ0) is 21.0. The lowest BCUT2D eigenvalue weighted by Gasteiger charge is -2.35. The zero-order valence-electron chi connectivity index (χ0n) is 17.4. The molecule has 8 nitrogen and oxygen atoms in total. The molecule has 2 heterocycles. The van der Waals surface area contributed by atoms with Crippen molar-refractivity contribution in [3.8, 4) is 0 Å². The van der Waals surface area contributed by atoms with Crippen LogP contribution in [-0.2, 0) is 14.3 Å². The maximum Gasteiger partial charge on any atom is 0.325 e. The summed E-state index contributed by atoms with van der Waals surface area (Å²) >= 11 is 0. The molecule has 2 saturated heterocycles. The van der Waals surface area contributed by atoms with Crippen LogP contribution in [-0.4, -0.2) is 72.6 Å². The number of carbonyl (C=O) groups excluding carboxylic acids is 3. The first-order valence-electron chi connectivity index (χ1n) is 10.1. The molecule has 4 amide bonds. The number of imide groups is 1. The lowest BCUT2D eigenvalue weighted by Crippen LogP contribution is -2.47. The van der Waals surface area contributed by atoms with Crippen LogP contribution in [0.5, 0.6) is 0 Å². The minimum atomic E-state index is -0.935. The topological polar surface area (TPSA) is 91.0 Å². The van der Waals surface area contributed by atoms with Crippen LogP contribution < -0.4 is 10.6 Å². The molecule has 3 rings (SSSR count). The van der Waals surface area contributed by atoms with Crippen molar-refractivity contribution in [3.63, 3.8) is 0 Å². The third-order valence-corrected chi connectivity index (χ3v) is 5.80. The number of ether oxygens (including phenoxy) is 1. The number of nitrogens with one attached hydrogen (secondary N) is 2. The number of aryl methyl sites for hydroxylation is 1. The normalized spacial score (nSPS) is 23.8. The van der Waals surface area contributed by atoms with E-state index in [-0.39, 0.29) is 24.4 Å². The van der Waals surface area contributed by atoms with Gasteiger partial charge in [0.2, 0.25) is 5.91 Å². The molecular formula is C21H30N4O4. The highest BCUT2D eigenvalue weighted by atomic mass is 16.5. The van der Waals surface area contributed by atoms with Gasteiger partial charge in [0.15, 0.2) is 0 Å². The van der Waals surface area contributed by atoms with Gasteiger partial charge in [0.1, 0.15) is 12.1 Å². The Balaban J connectivity index is 1.64. The van der Waals surface area contributed by atoms with Gasteiger partial charge >= 0.3 is 6.03 Å². The largest absolute Gasteiger partial charge is 0.379 e. The van der Waals surface area contributed by atoms with E-state index in [0.29, 0.717) is 26.2 Å². The minimum Gasteiger partial charge on any atom is -0.379 e. The Kier molecular flexibility index (Phi) is 6.54. The monoisotopic (exact) mass is 402 g/mol. The number of carbonyl (C=O) groups is 3. The lowest BCUT2D eigenvalue weighted by molar-refractivity contribution is -0.134. The van der Waals surface area contributed by atoms with Gasteiger partial charge < -0.3 is 15.4 Å². The Morgan fingerprint density at radius 3 is 2.48 bits per heavy atom. The van der Waals surface area contributed by atoms with Gasteiger partial charge in [-0.1, -0.05) is 36.8 Å². The second-order valence-electron chi connectivity index (χ2n) is 7.89. The molecule has 0 saturated carbocycles. The van der Waals surface area contributed by atoms with Gasteiger partial charge in [-0.3, -0.25) is 19.4 Å². The third-order valence-electron chi connectivity index (χ3n) is 5.80. The molecule has 0 unspecified atom stereocenters. The van der Waals surface area contributed by atoms with E-state index >= 15 is 0 Å². The Hall–Kier alpha value is -2.45. The number of hydrogen-bond donors (Lipinski definition) is 2. The fourth-order valence-corrected chi connectivity index (χ4v) is 3.68. The Morgan fingerprint density at radius 1 is 1.24 bits per heavy atom. The second-order valence-corrected chi connectivity index (χ2v) is 7.89. The summed E-state index contributed by atoms with van der Waals surface area (Å²) in [6.07, 6.45) is 0.474. The van der Waals surface area contributed by atoms with E-state index in [2.05, 4.69) is 39.8 Å². The van der Waals surface area contributed by atoms with E-state index in [1.807, 2.05) is 13.8 Å². The third kappa shape index (κ3) is 4.76. The van der Waals surface area contributed by atoms with Gasteiger partial charge in [-0.05, 0) is 25.8 Å². The van der Waals surface area contributed by atoms with Crippen LogP contribution in [0.2, 0.25) is 0 Å². The van der Waals surface area contributed by atoms with E-state index in [1.54, 1.807) is 6.92 Å². The van der Waals surface area contributed by atoms with E-state index in [4.69, 9.17) is 4.74 Å². The van der Waals surface area contributed by atoms with Crippen LogP contribution in [0.15, 0.2) is 24.3 Å². The van der Waals surface area contributed by atoms with Gasteiger partial charge in [0, 0.05) is 19.6 Å². The Morgan fingerprint density at radius 2 is 1.90 bits per heavy atom. The average Bonchev–Trinajstić information content (AvgIpc) is 2.94. The first-order valence-corrected chi connectivity index (χ1v) is 10.1. The highest BCUT2D eigenvalue weighted by Crippen LogP contribution is 2.23. The lowest BCUT2D eigenvalue weighted by atomic mass is 9.99. The number of nitrogens with zero attached hydrogens (tertiary/aromatic N) is 2. The molecule has 2 atom stereocenters. The molecule has 0 bridgehead atoms. The van der Waals surface area contributed by atoms with Crippen molar-refractivity contribution >= 4 is 17.8 Å². The molecule has 0 radical (unpaired) electrons. The van der Waals surface area contributed by atoms with Crippen LogP contribution in [0.1, 0.15) is 37.4 Å². The van der Waals surface area contributed by atoms with Crippen molar-refractivity contribution in [3.05, 3.63) is 35.4 Å². The average molecular weight is 402 g/mol. The molecule has 29 heavy (non-hydrogen) atoms. The van der Waals surface area contributed by atoms with Gasteiger partial charge in [-0.15, -0.1) is 0 Å². The molecule has 2 N–H and O–H groups in total. The van der Waals surface area contributed by atoms with E-state index < -0.39 is 11.6 Å². The van der Waals surface area contributed by atoms with Gasteiger partial charge in [-0.2, -0.15) is 0 Å². The van der Waals surface area contributed by atoms with Crippen LogP contribution in [0.3, 0.4) is 0 Å². The summed E-state index contributed by atoms with van der Waals surface area (Å²) in [4.78, 5) is 40.4. The maximum atomic E-state index is 12.5. The van der Waals surface area contributed by atoms with Crippen LogP contribution in [0.25, 0.3) is 0 Å². The van der Waals surface area contributed by atoms with Crippen LogP contribution in [0.4, 0.5) is 4.79 Å². The number of amides is 4. The molecule has 0 aromatic heterocycles. The summed E-state index contributed by atoms with van der Waals surface area (Å²) < 4.78 is 5.46. The SMILES string of the molecule is CC[C@@]1(C)NC(=O)N(CC(=O)NC[C@@H](c2ccc(C)cc2)N2CCOCC2)C1=O. The Labute approximate surface area is 171 Å². The van der Waals surface area contributed by atoms with Crippen molar-refractivity contribution in [1.29, 1.82) is 0 Å². The van der Waals surface area contributed by atoms with Crippen LogP contribution >= 0.6 is 0 Å². The number of urea groups is 1. The molecule has 0 aliphatic carbocycles. The molecule has 1 aromatic carbocycles. The highest BCUT2D eigenvalue weighted by Gasteiger charge is 2.47.